The molecule has 1 aliphatic heterocycles. The molecule has 1 aliphatic carbocycles. The lowest BCUT2D eigenvalue weighted by molar-refractivity contribution is -0.140. The second-order valence-corrected chi connectivity index (χ2v) is 10.9. The van der Waals surface area contributed by atoms with Crippen LogP contribution in [-0.4, -0.2) is 41.2 Å². The smallest absolute Gasteiger partial charge is 0.259 e. The maximum absolute atomic E-state index is 14.0. The Balaban J connectivity index is 1.43. The quantitative estimate of drug-likeness (QED) is 0.354. The van der Waals surface area contributed by atoms with E-state index >= 15 is 0 Å². The summed E-state index contributed by atoms with van der Waals surface area (Å²) in [5.74, 6) is -0.676. The van der Waals surface area contributed by atoms with E-state index in [1.165, 1.54) is 11.3 Å². The fourth-order valence-electron chi connectivity index (χ4n) is 5.66. The minimum absolute atomic E-state index is 0.125. The lowest BCUT2D eigenvalue weighted by atomic mass is 9.95. The van der Waals surface area contributed by atoms with Crippen molar-refractivity contribution in [1.82, 2.24) is 10.2 Å². The van der Waals surface area contributed by atoms with Gasteiger partial charge in [0.2, 0.25) is 11.8 Å². The zero-order valence-corrected chi connectivity index (χ0v) is 22.9. The molecule has 1 heterocycles. The SMILES string of the molecule is CC[C@H](C(=O)NC1CCCCC1)N(Cc1ccc(Cl)c(Cl)c1)C(=O)CN1C(=O)c2cccc3cccc1c23. The first-order chi connectivity index (χ1) is 18.4. The number of hydrogen-bond donors (Lipinski definition) is 1. The number of hydrogen-bond acceptors (Lipinski definition) is 3. The van der Waals surface area contributed by atoms with Gasteiger partial charge in [0.25, 0.3) is 5.91 Å². The summed E-state index contributed by atoms with van der Waals surface area (Å²) in [6.07, 6.45) is 5.72. The van der Waals surface area contributed by atoms with Crippen LogP contribution in [0.2, 0.25) is 10.0 Å². The molecule has 0 saturated heterocycles. The van der Waals surface area contributed by atoms with Gasteiger partial charge < -0.3 is 10.2 Å². The van der Waals surface area contributed by atoms with Gasteiger partial charge in [-0.05, 0) is 54.5 Å². The third-order valence-electron chi connectivity index (χ3n) is 7.62. The number of halogens is 2. The number of carbonyl (C=O) groups is 3. The number of nitrogens with one attached hydrogen (secondary N) is 1. The van der Waals surface area contributed by atoms with E-state index in [1.54, 1.807) is 29.2 Å². The molecular formula is C30H31Cl2N3O3. The fraction of sp³-hybridized carbons (Fsp3) is 0.367. The van der Waals surface area contributed by atoms with Crippen LogP contribution in [0.4, 0.5) is 5.69 Å². The zero-order valence-electron chi connectivity index (χ0n) is 21.4. The largest absolute Gasteiger partial charge is 0.352 e. The first kappa shape index (κ1) is 26.5. The van der Waals surface area contributed by atoms with E-state index in [-0.39, 0.29) is 36.9 Å². The van der Waals surface area contributed by atoms with Gasteiger partial charge in [-0.3, -0.25) is 19.3 Å². The maximum atomic E-state index is 14.0. The van der Waals surface area contributed by atoms with E-state index in [2.05, 4.69) is 5.32 Å². The van der Waals surface area contributed by atoms with Crippen molar-refractivity contribution in [1.29, 1.82) is 0 Å². The highest BCUT2D eigenvalue weighted by Gasteiger charge is 2.35. The van der Waals surface area contributed by atoms with E-state index in [0.717, 1.165) is 42.0 Å². The summed E-state index contributed by atoms with van der Waals surface area (Å²) in [7, 11) is 0. The van der Waals surface area contributed by atoms with Crippen LogP contribution in [0.25, 0.3) is 10.8 Å². The summed E-state index contributed by atoms with van der Waals surface area (Å²) in [4.78, 5) is 43.9. The molecule has 5 rings (SSSR count). The number of rotatable bonds is 8. The molecule has 198 valence electrons. The van der Waals surface area contributed by atoms with Gasteiger partial charge in [-0.1, -0.05) is 79.7 Å². The van der Waals surface area contributed by atoms with Gasteiger partial charge in [-0.25, -0.2) is 0 Å². The number of carbonyl (C=O) groups excluding carboxylic acids is 3. The third-order valence-corrected chi connectivity index (χ3v) is 8.36. The Morgan fingerprint density at radius 2 is 1.76 bits per heavy atom. The molecule has 0 unspecified atom stereocenters. The van der Waals surface area contributed by atoms with Crippen molar-refractivity contribution in [2.75, 3.05) is 11.4 Å². The van der Waals surface area contributed by atoms with E-state index in [9.17, 15) is 14.4 Å². The monoisotopic (exact) mass is 551 g/mol. The molecule has 3 amide bonds. The number of anilines is 1. The van der Waals surface area contributed by atoms with Crippen molar-refractivity contribution in [3.05, 3.63) is 75.8 Å². The van der Waals surface area contributed by atoms with Crippen LogP contribution in [0.15, 0.2) is 54.6 Å². The van der Waals surface area contributed by atoms with Gasteiger partial charge in [-0.15, -0.1) is 0 Å². The van der Waals surface area contributed by atoms with Crippen molar-refractivity contribution < 1.29 is 14.4 Å². The number of amides is 3. The van der Waals surface area contributed by atoms with Gasteiger partial charge in [0.15, 0.2) is 0 Å². The van der Waals surface area contributed by atoms with Gasteiger partial charge in [0.05, 0.1) is 15.7 Å². The maximum Gasteiger partial charge on any atom is 0.259 e. The molecule has 1 atom stereocenters. The van der Waals surface area contributed by atoms with Crippen LogP contribution >= 0.6 is 23.2 Å². The second kappa shape index (κ2) is 11.3. The Kier molecular flexibility index (Phi) is 7.91. The molecule has 1 saturated carbocycles. The minimum Gasteiger partial charge on any atom is -0.352 e. The zero-order chi connectivity index (χ0) is 26.8. The first-order valence-corrected chi connectivity index (χ1v) is 14.0. The molecule has 0 aromatic heterocycles. The molecule has 0 bridgehead atoms. The first-order valence-electron chi connectivity index (χ1n) is 13.2. The predicted molar refractivity (Wildman–Crippen MR) is 152 cm³/mol. The van der Waals surface area contributed by atoms with Crippen LogP contribution in [0, 0.1) is 0 Å². The summed E-state index contributed by atoms with van der Waals surface area (Å²) in [6, 6.07) is 16.0. The van der Waals surface area contributed by atoms with Crippen molar-refractivity contribution in [2.24, 2.45) is 0 Å². The highest BCUT2D eigenvalue weighted by atomic mass is 35.5. The Hall–Kier alpha value is -3.09. The molecule has 8 heteroatoms. The number of nitrogens with zero attached hydrogens (tertiary/aromatic N) is 2. The molecule has 0 radical (unpaired) electrons. The van der Waals surface area contributed by atoms with Crippen LogP contribution < -0.4 is 10.2 Å². The summed E-state index contributed by atoms with van der Waals surface area (Å²) in [5.41, 5.74) is 2.06. The van der Waals surface area contributed by atoms with Gasteiger partial charge in [0, 0.05) is 23.5 Å². The molecule has 38 heavy (non-hydrogen) atoms. The molecule has 1 fully saturated rings. The molecule has 1 N–H and O–H groups in total. The van der Waals surface area contributed by atoms with Crippen molar-refractivity contribution in [3.8, 4) is 0 Å². The molecule has 2 aliphatic rings. The normalized spacial score (nSPS) is 16.1. The minimum atomic E-state index is -0.685. The Bertz CT molecular complexity index is 1380. The van der Waals surface area contributed by atoms with Crippen LogP contribution in [0.5, 0.6) is 0 Å². The van der Waals surface area contributed by atoms with Crippen molar-refractivity contribution in [2.45, 2.75) is 64.1 Å². The van der Waals surface area contributed by atoms with Crippen molar-refractivity contribution in [3.63, 3.8) is 0 Å². The Labute approximate surface area is 232 Å². The van der Waals surface area contributed by atoms with Crippen molar-refractivity contribution >= 4 is 57.4 Å². The molecular weight excluding hydrogens is 521 g/mol. The lowest BCUT2D eigenvalue weighted by Crippen LogP contribution is -2.53. The molecule has 0 spiro atoms. The van der Waals surface area contributed by atoms with Gasteiger partial charge >= 0.3 is 0 Å². The standard InChI is InChI=1S/C30H31Cl2N3O3/c1-2-25(29(37)33-21-10-4-3-5-11-21)34(17-19-14-15-23(31)24(32)16-19)27(36)18-35-26-13-7-9-20-8-6-12-22(28(20)26)30(35)38/h6-9,12-16,21,25H,2-5,10-11,17-18H2,1H3,(H,33,37)/t25-/m1/s1. The summed E-state index contributed by atoms with van der Waals surface area (Å²) in [6.45, 7) is 1.91. The molecule has 3 aromatic rings. The predicted octanol–water partition coefficient (Wildman–Crippen LogP) is 6.36. The third kappa shape index (κ3) is 5.25. The van der Waals surface area contributed by atoms with Crippen LogP contribution in [0.3, 0.4) is 0 Å². The molecule has 6 nitrogen and oxygen atoms in total. The summed E-state index contributed by atoms with van der Waals surface area (Å²) >= 11 is 12.4. The van der Waals surface area contributed by atoms with E-state index in [4.69, 9.17) is 23.2 Å². The van der Waals surface area contributed by atoms with Gasteiger partial charge in [0.1, 0.15) is 12.6 Å². The Morgan fingerprint density at radius 3 is 2.47 bits per heavy atom. The van der Waals surface area contributed by atoms with E-state index < -0.39 is 6.04 Å². The second-order valence-electron chi connectivity index (χ2n) is 10.1. The van der Waals surface area contributed by atoms with Crippen LogP contribution in [-0.2, 0) is 16.1 Å². The Morgan fingerprint density at radius 1 is 1.03 bits per heavy atom. The average Bonchev–Trinajstić information content (AvgIpc) is 3.19. The lowest BCUT2D eigenvalue weighted by Gasteiger charge is -2.34. The summed E-state index contributed by atoms with van der Waals surface area (Å²) < 4.78 is 0. The van der Waals surface area contributed by atoms with Gasteiger partial charge in [-0.2, -0.15) is 0 Å². The average molecular weight is 553 g/mol. The van der Waals surface area contributed by atoms with E-state index in [1.807, 2.05) is 37.3 Å². The molecule has 3 aromatic carbocycles. The topological polar surface area (TPSA) is 69.7 Å². The van der Waals surface area contributed by atoms with E-state index in [0.29, 0.717) is 27.7 Å². The summed E-state index contributed by atoms with van der Waals surface area (Å²) in [5, 5.41) is 5.79. The highest BCUT2D eigenvalue weighted by Crippen LogP contribution is 2.37. The highest BCUT2D eigenvalue weighted by molar-refractivity contribution is 6.42. The number of benzene rings is 3. The van der Waals surface area contributed by atoms with Crippen LogP contribution in [0.1, 0.15) is 61.4 Å². The fourth-order valence-corrected chi connectivity index (χ4v) is 5.98.